The maximum atomic E-state index is 5.64. The third-order valence-electron chi connectivity index (χ3n) is 3.03. The summed E-state index contributed by atoms with van der Waals surface area (Å²) in [6, 6.07) is 8.40. The van der Waals surface area contributed by atoms with Crippen LogP contribution in [0.25, 0.3) is 0 Å². The Hall–Kier alpha value is -1.02. The van der Waals surface area contributed by atoms with Gasteiger partial charge in [-0.2, -0.15) is 0 Å². The maximum Gasteiger partial charge on any atom is 0.119 e. The predicted octanol–water partition coefficient (Wildman–Crippen LogP) is 3.10. The monoisotopic (exact) mass is 221 g/mol. The molecular weight excluding hydrogens is 198 g/mol. The second-order valence-corrected chi connectivity index (χ2v) is 5.05. The molecule has 16 heavy (non-hydrogen) atoms. The molecule has 2 heteroatoms. The first kappa shape index (κ1) is 13.0. The van der Waals surface area contributed by atoms with Crippen molar-refractivity contribution in [3.8, 4) is 5.75 Å². The Bertz CT molecular complexity index is 314. The maximum absolute atomic E-state index is 5.64. The molecule has 0 heterocycles. The van der Waals surface area contributed by atoms with Gasteiger partial charge in [0, 0.05) is 6.04 Å². The van der Waals surface area contributed by atoms with E-state index < -0.39 is 0 Å². The second-order valence-electron chi connectivity index (χ2n) is 5.05. The van der Waals surface area contributed by atoms with Crippen LogP contribution in [-0.2, 0) is 5.41 Å². The van der Waals surface area contributed by atoms with Crippen molar-refractivity contribution in [2.75, 3.05) is 6.61 Å². The van der Waals surface area contributed by atoms with Crippen LogP contribution in [0.5, 0.6) is 5.75 Å². The third-order valence-corrected chi connectivity index (χ3v) is 3.03. The van der Waals surface area contributed by atoms with Crippen LogP contribution in [-0.4, -0.2) is 12.6 Å². The molecule has 1 rings (SSSR count). The summed E-state index contributed by atoms with van der Waals surface area (Å²) < 4.78 is 5.54. The molecule has 1 unspecified atom stereocenters. The van der Waals surface area contributed by atoms with Gasteiger partial charge in [0.15, 0.2) is 0 Å². The summed E-state index contributed by atoms with van der Waals surface area (Å²) in [5, 5.41) is 0. The van der Waals surface area contributed by atoms with E-state index in [4.69, 9.17) is 10.5 Å². The number of hydrogen-bond donors (Lipinski definition) is 1. The summed E-state index contributed by atoms with van der Waals surface area (Å²) in [7, 11) is 0. The highest BCUT2D eigenvalue weighted by Gasteiger charge is 2.17. The van der Waals surface area contributed by atoms with Crippen molar-refractivity contribution in [2.24, 2.45) is 5.73 Å². The summed E-state index contributed by atoms with van der Waals surface area (Å²) in [6.07, 6.45) is 1.13. The molecule has 2 nitrogen and oxygen atoms in total. The van der Waals surface area contributed by atoms with Gasteiger partial charge < -0.3 is 10.5 Å². The molecule has 2 N–H and O–H groups in total. The molecule has 0 aromatic heterocycles. The number of rotatable bonds is 5. The molecule has 1 aromatic rings. The first-order chi connectivity index (χ1) is 7.45. The zero-order chi connectivity index (χ0) is 12.2. The molecular formula is C14H23NO. The topological polar surface area (TPSA) is 35.2 Å². The average Bonchev–Trinajstić information content (AvgIpc) is 2.27. The highest BCUT2D eigenvalue weighted by atomic mass is 16.5. The predicted molar refractivity (Wildman–Crippen MR) is 68.9 cm³/mol. The van der Waals surface area contributed by atoms with Crippen LogP contribution in [0, 0.1) is 0 Å². The molecule has 0 spiro atoms. The van der Waals surface area contributed by atoms with E-state index >= 15 is 0 Å². The normalized spacial score (nSPS) is 13.6. The number of nitrogens with two attached hydrogens (primary N) is 1. The largest absolute Gasteiger partial charge is 0.492 e. The summed E-state index contributed by atoms with van der Waals surface area (Å²) >= 11 is 0. The SMILES string of the molecule is CCC(C)(C)c1ccc(OCC(C)N)cc1. The Balaban J connectivity index is 2.68. The zero-order valence-corrected chi connectivity index (χ0v) is 10.8. The molecule has 1 atom stereocenters. The minimum atomic E-state index is 0.0757. The van der Waals surface area contributed by atoms with E-state index in [2.05, 4.69) is 32.9 Å². The fraction of sp³-hybridized carbons (Fsp3) is 0.571. The van der Waals surface area contributed by atoms with Crippen molar-refractivity contribution in [2.45, 2.75) is 45.6 Å². The van der Waals surface area contributed by atoms with Gasteiger partial charge in [-0.05, 0) is 36.5 Å². The van der Waals surface area contributed by atoms with Crippen molar-refractivity contribution in [3.63, 3.8) is 0 Å². The standard InChI is InChI=1S/C14H23NO/c1-5-14(3,4)12-6-8-13(9-7-12)16-10-11(2)15/h6-9,11H,5,10,15H2,1-4H3. The highest BCUT2D eigenvalue weighted by Crippen LogP contribution is 2.27. The number of ether oxygens (including phenoxy) is 1. The van der Waals surface area contributed by atoms with Crippen LogP contribution in [0.4, 0.5) is 0 Å². The first-order valence-corrected chi connectivity index (χ1v) is 5.94. The van der Waals surface area contributed by atoms with Gasteiger partial charge in [0.2, 0.25) is 0 Å². The lowest BCUT2D eigenvalue weighted by Crippen LogP contribution is -2.23. The van der Waals surface area contributed by atoms with Gasteiger partial charge in [-0.1, -0.05) is 32.9 Å². The molecule has 0 radical (unpaired) electrons. The lowest BCUT2D eigenvalue weighted by atomic mass is 9.82. The van der Waals surface area contributed by atoms with Crippen LogP contribution in [0.15, 0.2) is 24.3 Å². The van der Waals surface area contributed by atoms with Crippen LogP contribution in [0.3, 0.4) is 0 Å². The molecule has 0 aliphatic carbocycles. The van der Waals surface area contributed by atoms with E-state index in [1.807, 2.05) is 19.1 Å². The molecule has 0 aliphatic rings. The van der Waals surface area contributed by atoms with Gasteiger partial charge in [-0.3, -0.25) is 0 Å². The molecule has 0 saturated carbocycles. The van der Waals surface area contributed by atoms with Crippen LogP contribution in [0.2, 0.25) is 0 Å². The Morgan fingerprint density at radius 2 is 1.81 bits per heavy atom. The molecule has 1 aromatic carbocycles. The van der Waals surface area contributed by atoms with Crippen molar-refractivity contribution >= 4 is 0 Å². The van der Waals surface area contributed by atoms with Crippen LogP contribution >= 0.6 is 0 Å². The van der Waals surface area contributed by atoms with E-state index in [1.165, 1.54) is 5.56 Å². The lowest BCUT2D eigenvalue weighted by molar-refractivity contribution is 0.296. The zero-order valence-electron chi connectivity index (χ0n) is 10.8. The van der Waals surface area contributed by atoms with Gasteiger partial charge in [-0.25, -0.2) is 0 Å². The van der Waals surface area contributed by atoms with Gasteiger partial charge in [0.25, 0.3) is 0 Å². The molecule has 0 amide bonds. The van der Waals surface area contributed by atoms with Crippen molar-refractivity contribution in [1.29, 1.82) is 0 Å². The fourth-order valence-corrected chi connectivity index (χ4v) is 1.43. The van der Waals surface area contributed by atoms with Gasteiger partial charge in [0.1, 0.15) is 12.4 Å². The smallest absolute Gasteiger partial charge is 0.119 e. The van der Waals surface area contributed by atoms with E-state index in [0.717, 1.165) is 12.2 Å². The Labute approximate surface area is 98.8 Å². The van der Waals surface area contributed by atoms with Crippen molar-refractivity contribution in [3.05, 3.63) is 29.8 Å². The number of hydrogen-bond acceptors (Lipinski definition) is 2. The van der Waals surface area contributed by atoms with E-state index in [-0.39, 0.29) is 11.5 Å². The van der Waals surface area contributed by atoms with Gasteiger partial charge >= 0.3 is 0 Å². The van der Waals surface area contributed by atoms with E-state index in [9.17, 15) is 0 Å². The molecule has 0 bridgehead atoms. The molecule has 0 fully saturated rings. The summed E-state index contributed by atoms with van der Waals surface area (Å²) in [5.41, 5.74) is 7.22. The minimum Gasteiger partial charge on any atom is -0.492 e. The summed E-state index contributed by atoms with van der Waals surface area (Å²) in [5.74, 6) is 0.896. The van der Waals surface area contributed by atoms with E-state index in [1.54, 1.807) is 0 Å². The Morgan fingerprint density at radius 3 is 2.25 bits per heavy atom. The molecule has 0 saturated heterocycles. The average molecular weight is 221 g/mol. The van der Waals surface area contributed by atoms with E-state index in [0.29, 0.717) is 6.61 Å². The summed E-state index contributed by atoms with van der Waals surface area (Å²) in [6.45, 7) is 9.22. The quantitative estimate of drug-likeness (QED) is 0.829. The Morgan fingerprint density at radius 1 is 1.25 bits per heavy atom. The Kier molecular flexibility index (Phi) is 4.36. The van der Waals surface area contributed by atoms with Crippen LogP contribution < -0.4 is 10.5 Å². The summed E-state index contributed by atoms with van der Waals surface area (Å²) in [4.78, 5) is 0. The minimum absolute atomic E-state index is 0.0757. The van der Waals surface area contributed by atoms with Crippen LogP contribution in [0.1, 0.15) is 39.7 Å². The first-order valence-electron chi connectivity index (χ1n) is 5.94. The third kappa shape index (κ3) is 3.53. The highest BCUT2D eigenvalue weighted by molar-refractivity contribution is 5.31. The fourth-order valence-electron chi connectivity index (χ4n) is 1.43. The second kappa shape index (κ2) is 5.35. The van der Waals surface area contributed by atoms with Crippen molar-refractivity contribution < 1.29 is 4.74 Å². The van der Waals surface area contributed by atoms with Gasteiger partial charge in [-0.15, -0.1) is 0 Å². The molecule has 90 valence electrons. The lowest BCUT2D eigenvalue weighted by Gasteiger charge is -2.23. The molecule has 0 aliphatic heterocycles. The van der Waals surface area contributed by atoms with Gasteiger partial charge in [0.05, 0.1) is 0 Å². The number of benzene rings is 1. The van der Waals surface area contributed by atoms with Crippen molar-refractivity contribution in [1.82, 2.24) is 0 Å².